The zero-order valence-corrected chi connectivity index (χ0v) is 21.2. The predicted octanol–water partition coefficient (Wildman–Crippen LogP) is 4.88. The molecule has 0 spiro atoms. The molecule has 1 aliphatic heterocycles. The van der Waals surface area contributed by atoms with Crippen molar-refractivity contribution in [2.24, 2.45) is 0 Å². The van der Waals surface area contributed by atoms with E-state index in [9.17, 15) is 14.0 Å². The van der Waals surface area contributed by atoms with E-state index < -0.39 is 5.82 Å². The molecule has 36 heavy (non-hydrogen) atoms. The van der Waals surface area contributed by atoms with E-state index in [1.54, 1.807) is 41.5 Å². The predicted molar refractivity (Wildman–Crippen MR) is 138 cm³/mol. The van der Waals surface area contributed by atoms with Gasteiger partial charge < -0.3 is 24.6 Å². The lowest BCUT2D eigenvalue weighted by Gasteiger charge is -2.37. The Balaban J connectivity index is 1.49. The fourth-order valence-corrected chi connectivity index (χ4v) is 5.08. The molecule has 1 aliphatic rings. The number of carbonyl (C=O) groups is 2. The van der Waals surface area contributed by atoms with Crippen molar-refractivity contribution in [2.45, 2.75) is 19.4 Å². The van der Waals surface area contributed by atoms with Crippen LogP contribution in [0.15, 0.2) is 60.0 Å². The van der Waals surface area contributed by atoms with Crippen molar-refractivity contribution in [2.75, 3.05) is 45.3 Å². The molecule has 190 valence electrons. The van der Waals surface area contributed by atoms with Crippen LogP contribution in [0, 0.1) is 12.7 Å². The quantitative estimate of drug-likeness (QED) is 0.445. The van der Waals surface area contributed by atoms with Crippen LogP contribution >= 0.6 is 11.3 Å². The zero-order valence-electron chi connectivity index (χ0n) is 20.4. The smallest absolute Gasteiger partial charge is 0.322 e. The standard InChI is InChI=1S/C27H30FN3O4S/c1-19-7-9-20(10-8-19)29-27(33)30(14-15-34-2)17-26(32)31-13-11-25-21(12-16-36-25)23(31)18-35-24-6-4-3-5-22(24)28/h3-10,12,16,23H,11,13-15,17-18H2,1-2H3,(H,29,33). The van der Waals surface area contributed by atoms with Gasteiger partial charge in [-0.25, -0.2) is 9.18 Å². The van der Waals surface area contributed by atoms with Crippen molar-refractivity contribution in [3.8, 4) is 5.75 Å². The largest absolute Gasteiger partial charge is 0.488 e. The molecule has 2 aromatic carbocycles. The first kappa shape index (κ1) is 25.7. The summed E-state index contributed by atoms with van der Waals surface area (Å²) in [5.74, 6) is -0.508. The van der Waals surface area contributed by atoms with Gasteiger partial charge >= 0.3 is 6.03 Å². The van der Waals surface area contributed by atoms with Crippen LogP contribution in [0.3, 0.4) is 0 Å². The maximum Gasteiger partial charge on any atom is 0.322 e. The van der Waals surface area contributed by atoms with E-state index in [-0.39, 0.29) is 43.4 Å². The molecule has 1 unspecified atom stereocenters. The van der Waals surface area contributed by atoms with Crippen LogP contribution in [-0.2, 0) is 16.0 Å². The van der Waals surface area contributed by atoms with Crippen molar-refractivity contribution >= 4 is 29.0 Å². The number of amides is 3. The number of benzene rings is 2. The van der Waals surface area contributed by atoms with Crippen molar-refractivity contribution in [1.29, 1.82) is 0 Å². The van der Waals surface area contributed by atoms with Crippen LogP contribution in [-0.4, -0.2) is 61.7 Å². The first-order chi connectivity index (χ1) is 17.5. The number of anilines is 1. The molecule has 4 rings (SSSR count). The molecule has 0 radical (unpaired) electrons. The number of aryl methyl sites for hydroxylation is 1. The number of hydrogen-bond donors (Lipinski definition) is 1. The first-order valence-electron chi connectivity index (χ1n) is 11.8. The van der Waals surface area contributed by atoms with Crippen LogP contribution in [0.5, 0.6) is 5.75 Å². The van der Waals surface area contributed by atoms with Gasteiger partial charge in [-0.1, -0.05) is 29.8 Å². The highest BCUT2D eigenvalue weighted by molar-refractivity contribution is 7.10. The van der Waals surface area contributed by atoms with Gasteiger partial charge in [0.1, 0.15) is 13.2 Å². The number of urea groups is 1. The summed E-state index contributed by atoms with van der Waals surface area (Å²) in [7, 11) is 1.55. The van der Waals surface area contributed by atoms with Crippen LogP contribution in [0.4, 0.5) is 14.9 Å². The molecule has 3 aromatic rings. The van der Waals surface area contributed by atoms with Crippen molar-refractivity contribution in [3.63, 3.8) is 0 Å². The molecule has 1 aromatic heterocycles. The summed E-state index contributed by atoms with van der Waals surface area (Å²) in [4.78, 5) is 30.9. The minimum absolute atomic E-state index is 0.114. The third-order valence-corrected chi connectivity index (χ3v) is 7.13. The molecule has 2 heterocycles. The number of ether oxygens (including phenoxy) is 2. The Morgan fingerprint density at radius 1 is 1.17 bits per heavy atom. The second-order valence-corrected chi connectivity index (χ2v) is 9.60. The monoisotopic (exact) mass is 511 g/mol. The Kier molecular flexibility index (Phi) is 8.56. The van der Waals surface area contributed by atoms with Crippen molar-refractivity contribution in [3.05, 3.63) is 81.8 Å². The third-order valence-electron chi connectivity index (χ3n) is 6.13. The third kappa shape index (κ3) is 6.22. The molecule has 9 heteroatoms. The van der Waals surface area contributed by atoms with Gasteiger partial charge in [-0.05, 0) is 54.6 Å². The second-order valence-electron chi connectivity index (χ2n) is 8.60. The second kappa shape index (κ2) is 12.0. The lowest BCUT2D eigenvalue weighted by atomic mass is 10.0. The van der Waals surface area contributed by atoms with E-state index in [2.05, 4.69) is 5.32 Å². The Hall–Kier alpha value is -3.43. The van der Waals surface area contributed by atoms with Gasteiger partial charge in [0.2, 0.25) is 5.91 Å². The summed E-state index contributed by atoms with van der Waals surface area (Å²) in [5.41, 5.74) is 2.74. The molecule has 0 saturated heterocycles. The molecule has 0 saturated carbocycles. The minimum atomic E-state index is -0.449. The van der Waals surface area contributed by atoms with Gasteiger partial charge in [-0.3, -0.25) is 4.79 Å². The lowest BCUT2D eigenvalue weighted by Crippen LogP contribution is -2.49. The fourth-order valence-electron chi connectivity index (χ4n) is 4.15. The average Bonchev–Trinajstić information content (AvgIpc) is 3.36. The lowest BCUT2D eigenvalue weighted by molar-refractivity contribution is -0.135. The van der Waals surface area contributed by atoms with Gasteiger partial charge in [-0.2, -0.15) is 0 Å². The number of fused-ring (bicyclic) bond motifs is 1. The van der Waals surface area contributed by atoms with Gasteiger partial charge in [-0.15, -0.1) is 11.3 Å². The molecule has 0 bridgehead atoms. The maximum absolute atomic E-state index is 14.1. The number of thiophene rings is 1. The highest BCUT2D eigenvalue weighted by Gasteiger charge is 2.33. The topological polar surface area (TPSA) is 71.1 Å². The molecular formula is C27H30FN3O4S. The van der Waals surface area contributed by atoms with Gasteiger partial charge in [0.15, 0.2) is 11.6 Å². The summed E-state index contributed by atoms with van der Waals surface area (Å²) in [5, 5.41) is 4.85. The summed E-state index contributed by atoms with van der Waals surface area (Å²) in [6.07, 6.45) is 0.725. The van der Waals surface area contributed by atoms with Crippen LogP contribution in [0.25, 0.3) is 0 Å². The van der Waals surface area contributed by atoms with E-state index in [4.69, 9.17) is 9.47 Å². The highest BCUT2D eigenvalue weighted by atomic mass is 32.1. The van der Waals surface area contributed by atoms with Gasteiger partial charge in [0, 0.05) is 30.8 Å². The van der Waals surface area contributed by atoms with Crippen LogP contribution in [0.1, 0.15) is 22.0 Å². The average molecular weight is 512 g/mol. The minimum Gasteiger partial charge on any atom is -0.488 e. The first-order valence-corrected chi connectivity index (χ1v) is 12.7. The van der Waals surface area contributed by atoms with Crippen molar-refractivity contribution < 1.29 is 23.5 Å². The number of nitrogens with one attached hydrogen (secondary N) is 1. The molecule has 7 nitrogen and oxygen atoms in total. The van der Waals surface area contributed by atoms with E-state index >= 15 is 0 Å². The fraction of sp³-hybridized carbons (Fsp3) is 0.333. The number of nitrogens with zero attached hydrogens (tertiary/aromatic N) is 2. The Morgan fingerprint density at radius 3 is 2.69 bits per heavy atom. The number of hydrogen-bond acceptors (Lipinski definition) is 5. The normalized spacial score (nSPS) is 14.8. The summed E-state index contributed by atoms with van der Waals surface area (Å²) >= 11 is 1.64. The van der Waals surface area contributed by atoms with Crippen LogP contribution in [0.2, 0.25) is 0 Å². The van der Waals surface area contributed by atoms with E-state index in [1.165, 1.54) is 15.8 Å². The number of para-hydroxylation sites is 1. The SMILES string of the molecule is COCCN(CC(=O)N1CCc2sccc2C1COc1ccccc1F)C(=O)Nc1ccc(C)cc1. The number of rotatable bonds is 9. The molecule has 1 atom stereocenters. The summed E-state index contributed by atoms with van der Waals surface area (Å²) < 4.78 is 25.1. The van der Waals surface area contributed by atoms with E-state index in [1.807, 2.05) is 42.6 Å². The number of halogens is 1. The maximum atomic E-state index is 14.1. The molecule has 3 amide bonds. The van der Waals surface area contributed by atoms with E-state index in [0.717, 1.165) is 17.5 Å². The molecule has 0 aliphatic carbocycles. The van der Waals surface area contributed by atoms with Crippen LogP contribution < -0.4 is 10.1 Å². The number of carbonyl (C=O) groups excluding carboxylic acids is 2. The Morgan fingerprint density at radius 2 is 1.94 bits per heavy atom. The zero-order chi connectivity index (χ0) is 25.5. The highest BCUT2D eigenvalue weighted by Crippen LogP contribution is 2.34. The molecular weight excluding hydrogens is 481 g/mol. The molecule has 1 N–H and O–H groups in total. The van der Waals surface area contributed by atoms with Gasteiger partial charge in [0.25, 0.3) is 0 Å². The van der Waals surface area contributed by atoms with Gasteiger partial charge in [0.05, 0.1) is 12.6 Å². The summed E-state index contributed by atoms with van der Waals surface area (Å²) in [6.45, 7) is 3.02. The Labute approximate surface area is 214 Å². The van der Waals surface area contributed by atoms with E-state index in [0.29, 0.717) is 18.8 Å². The Bertz CT molecular complexity index is 1180. The summed E-state index contributed by atoms with van der Waals surface area (Å²) in [6, 6.07) is 14.9. The number of methoxy groups -OCH3 is 1. The molecule has 0 fully saturated rings. The van der Waals surface area contributed by atoms with Crippen molar-refractivity contribution in [1.82, 2.24) is 9.80 Å².